The summed E-state index contributed by atoms with van der Waals surface area (Å²) >= 11 is 0. The maximum absolute atomic E-state index is 6.41. The number of aryl methyl sites for hydroxylation is 1. The fourth-order valence-corrected chi connectivity index (χ4v) is 4.07. The van der Waals surface area contributed by atoms with Crippen LogP contribution in [-0.4, -0.2) is 19.2 Å². The zero-order valence-corrected chi connectivity index (χ0v) is 19.5. The van der Waals surface area contributed by atoms with Gasteiger partial charge in [0.25, 0.3) is 0 Å². The van der Waals surface area contributed by atoms with Crippen LogP contribution in [0.3, 0.4) is 0 Å². The molecule has 0 spiro atoms. The van der Waals surface area contributed by atoms with Crippen molar-refractivity contribution in [3.63, 3.8) is 0 Å². The predicted molar refractivity (Wildman–Crippen MR) is 135 cm³/mol. The molecule has 5 rings (SSSR count). The maximum Gasteiger partial charge on any atom is 0.228 e. The number of benzene rings is 3. The van der Waals surface area contributed by atoms with Gasteiger partial charge in [-0.25, -0.2) is 4.98 Å². The lowest BCUT2D eigenvalue weighted by Gasteiger charge is -2.28. The zero-order valence-electron chi connectivity index (χ0n) is 19.5. The third-order valence-corrected chi connectivity index (χ3v) is 5.94. The van der Waals surface area contributed by atoms with E-state index in [4.69, 9.17) is 19.2 Å². The lowest BCUT2D eigenvalue weighted by molar-refractivity contribution is -0.0770. The quantitative estimate of drug-likeness (QED) is 0.339. The first-order valence-electron chi connectivity index (χ1n) is 11.3. The van der Waals surface area contributed by atoms with Crippen molar-refractivity contribution in [1.29, 1.82) is 0 Å². The van der Waals surface area contributed by atoms with E-state index in [1.807, 2.05) is 48.5 Å². The monoisotopic (exact) mass is 447 g/mol. The summed E-state index contributed by atoms with van der Waals surface area (Å²) in [5.41, 5.74) is 6.35. The van der Waals surface area contributed by atoms with Crippen LogP contribution in [0.1, 0.15) is 41.2 Å². The Morgan fingerprint density at radius 2 is 1.71 bits per heavy atom. The molecule has 3 aromatic carbocycles. The van der Waals surface area contributed by atoms with Gasteiger partial charge in [-0.3, -0.25) is 0 Å². The number of hydrogen-bond donors (Lipinski definition) is 0. The summed E-state index contributed by atoms with van der Waals surface area (Å²) in [7, 11) is 3.30. The molecule has 1 aromatic heterocycles. The minimum atomic E-state index is -0.596. The van der Waals surface area contributed by atoms with Gasteiger partial charge in [0.2, 0.25) is 6.29 Å². The highest BCUT2D eigenvalue weighted by molar-refractivity contribution is 5.99. The van der Waals surface area contributed by atoms with Crippen LogP contribution in [0.2, 0.25) is 0 Å². The van der Waals surface area contributed by atoms with Crippen LogP contribution in [0.15, 0.2) is 78.9 Å². The Balaban J connectivity index is 1.75. The van der Waals surface area contributed by atoms with Gasteiger partial charge in [0.1, 0.15) is 11.5 Å². The maximum atomic E-state index is 6.41. The minimum absolute atomic E-state index is 0.596. The molecule has 1 aliphatic rings. The third kappa shape index (κ3) is 4.14. The molecule has 1 atom stereocenters. The summed E-state index contributed by atoms with van der Waals surface area (Å²) in [6.07, 6.45) is 0.378. The third-order valence-electron chi connectivity index (χ3n) is 5.94. The van der Waals surface area contributed by atoms with Crippen LogP contribution in [0, 0.1) is 11.8 Å². The molecule has 1 unspecified atom stereocenters. The van der Waals surface area contributed by atoms with Gasteiger partial charge in [0.15, 0.2) is 0 Å². The van der Waals surface area contributed by atoms with Crippen molar-refractivity contribution in [1.82, 2.24) is 4.98 Å². The number of allylic oxidation sites excluding steroid dienone is 1. The van der Waals surface area contributed by atoms with Gasteiger partial charge in [-0.1, -0.05) is 61.2 Å². The topological polar surface area (TPSA) is 40.6 Å². The van der Waals surface area contributed by atoms with Crippen LogP contribution >= 0.6 is 0 Å². The van der Waals surface area contributed by atoms with E-state index in [2.05, 4.69) is 49.1 Å². The van der Waals surface area contributed by atoms with E-state index in [-0.39, 0.29) is 0 Å². The van der Waals surface area contributed by atoms with Gasteiger partial charge in [0.05, 0.1) is 23.9 Å². The summed E-state index contributed by atoms with van der Waals surface area (Å²) in [6.45, 7) is 2.14. The smallest absolute Gasteiger partial charge is 0.228 e. The first-order valence-corrected chi connectivity index (χ1v) is 11.3. The molecule has 2 heterocycles. The van der Waals surface area contributed by atoms with E-state index in [1.54, 1.807) is 14.2 Å². The standard InChI is InChI=1S/C30H25NO3/c1-4-20-10-13-22(14-11-20)29-25(16-12-21-8-6-5-7-9-21)28-26(30(33-3)34-29)19-23-18-24(32-2)15-17-27(23)31-28/h5-11,13-15,17-19,30H,4H2,1-3H3. The van der Waals surface area contributed by atoms with Gasteiger partial charge in [-0.05, 0) is 48.4 Å². The van der Waals surface area contributed by atoms with E-state index in [0.717, 1.165) is 51.0 Å². The Morgan fingerprint density at radius 1 is 0.912 bits per heavy atom. The molecule has 0 saturated heterocycles. The Hall–Kier alpha value is -4.07. The van der Waals surface area contributed by atoms with Crippen LogP contribution in [-0.2, 0) is 15.9 Å². The summed E-state index contributed by atoms with van der Waals surface area (Å²) in [5, 5.41) is 0.954. The Labute approximate surface area is 199 Å². The molecule has 4 heteroatoms. The van der Waals surface area contributed by atoms with Gasteiger partial charge in [-0.15, -0.1) is 0 Å². The number of aromatic nitrogens is 1. The van der Waals surface area contributed by atoms with E-state index >= 15 is 0 Å². The summed E-state index contributed by atoms with van der Waals surface area (Å²) in [5.74, 6) is 8.10. The highest BCUT2D eigenvalue weighted by Gasteiger charge is 2.30. The fourth-order valence-electron chi connectivity index (χ4n) is 4.07. The predicted octanol–water partition coefficient (Wildman–Crippen LogP) is 6.40. The molecule has 0 radical (unpaired) electrons. The largest absolute Gasteiger partial charge is 0.497 e. The molecule has 0 fully saturated rings. The molecule has 0 amide bonds. The van der Waals surface area contributed by atoms with Crippen molar-refractivity contribution in [2.24, 2.45) is 0 Å². The highest BCUT2D eigenvalue weighted by Crippen LogP contribution is 2.41. The van der Waals surface area contributed by atoms with Gasteiger partial charge >= 0.3 is 0 Å². The van der Waals surface area contributed by atoms with Crippen molar-refractivity contribution < 1.29 is 14.2 Å². The summed E-state index contributed by atoms with van der Waals surface area (Å²) in [6, 6.07) is 26.2. The SMILES string of the molecule is CCc1ccc(C2=C(C#Cc3ccccc3)c3nc4ccc(OC)cc4cc3C(OC)O2)cc1. The average molecular weight is 448 g/mol. The van der Waals surface area contributed by atoms with Crippen LogP contribution in [0.5, 0.6) is 5.75 Å². The second-order valence-corrected chi connectivity index (χ2v) is 8.04. The molecule has 1 aliphatic heterocycles. The Kier molecular flexibility index (Phi) is 6.03. The fraction of sp³-hybridized carbons (Fsp3) is 0.167. The van der Waals surface area contributed by atoms with E-state index in [0.29, 0.717) is 5.76 Å². The van der Waals surface area contributed by atoms with Crippen molar-refractivity contribution in [3.05, 3.63) is 107 Å². The highest BCUT2D eigenvalue weighted by atomic mass is 16.7. The number of methoxy groups -OCH3 is 2. The first-order chi connectivity index (χ1) is 16.7. The van der Waals surface area contributed by atoms with E-state index in [1.165, 1.54) is 5.56 Å². The number of nitrogens with zero attached hydrogens (tertiary/aromatic N) is 1. The molecular formula is C30H25NO3. The minimum Gasteiger partial charge on any atom is -0.497 e. The Morgan fingerprint density at radius 3 is 2.41 bits per heavy atom. The Bertz CT molecular complexity index is 1430. The van der Waals surface area contributed by atoms with E-state index in [9.17, 15) is 0 Å². The molecule has 0 N–H and O–H groups in total. The number of fused-ring (bicyclic) bond motifs is 2. The lowest BCUT2D eigenvalue weighted by atomic mass is 9.96. The molecule has 34 heavy (non-hydrogen) atoms. The molecule has 4 nitrogen and oxygen atoms in total. The molecule has 0 saturated carbocycles. The molecule has 4 aromatic rings. The molecular weight excluding hydrogens is 422 g/mol. The van der Waals surface area contributed by atoms with Crippen LogP contribution < -0.4 is 4.74 Å². The number of rotatable bonds is 4. The van der Waals surface area contributed by atoms with Crippen molar-refractivity contribution in [3.8, 4) is 17.6 Å². The van der Waals surface area contributed by atoms with E-state index < -0.39 is 6.29 Å². The lowest BCUT2D eigenvalue weighted by Crippen LogP contribution is -2.16. The van der Waals surface area contributed by atoms with Gasteiger partial charge in [0, 0.05) is 29.2 Å². The second kappa shape index (κ2) is 9.43. The number of hydrogen-bond acceptors (Lipinski definition) is 4. The van der Waals surface area contributed by atoms with Crippen molar-refractivity contribution >= 4 is 22.2 Å². The van der Waals surface area contributed by atoms with Crippen molar-refractivity contribution in [2.75, 3.05) is 14.2 Å². The number of ether oxygens (including phenoxy) is 3. The zero-order chi connectivity index (χ0) is 23.5. The average Bonchev–Trinajstić information content (AvgIpc) is 2.90. The summed E-state index contributed by atoms with van der Waals surface area (Å²) < 4.78 is 17.6. The van der Waals surface area contributed by atoms with Gasteiger partial charge in [-0.2, -0.15) is 0 Å². The second-order valence-electron chi connectivity index (χ2n) is 8.04. The van der Waals surface area contributed by atoms with Gasteiger partial charge < -0.3 is 14.2 Å². The first kappa shape index (κ1) is 21.8. The normalized spacial score (nSPS) is 14.7. The molecule has 0 bridgehead atoms. The van der Waals surface area contributed by atoms with Crippen LogP contribution in [0.25, 0.3) is 22.2 Å². The molecule has 0 aliphatic carbocycles. The molecule has 168 valence electrons. The summed E-state index contributed by atoms with van der Waals surface area (Å²) in [4.78, 5) is 5.02. The number of pyridine rings is 1. The van der Waals surface area contributed by atoms with Crippen molar-refractivity contribution in [2.45, 2.75) is 19.6 Å². The van der Waals surface area contributed by atoms with Crippen LogP contribution in [0.4, 0.5) is 0 Å².